The van der Waals surface area contributed by atoms with E-state index in [1.807, 2.05) is 13.8 Å². The lowest BCUT2D eigenvalue weighted by Gasteiger charge is -2.41. The van der Waals surface area contributed by atoms with E-state index in [1.54, 1.807) is 0 Å². The molecule has 1 saturated heterocycles. The van der Waals surface area contributed by atoms with Crippen molar-refractivity contribution in [3.05, 3.63) is 0 Å². The summed E-state index contributed by atoms with van der Waals surface area (Å²) in [5.74, 6) is -0.833. The fourth-order valence-electron chi connectivity index (χ4n) is 1.97. The number of aliphatic carboxylic acids is 1. The summed E-state index contributed by atoms with van der Waals surface area (Å²) in [5.41, 5.74) is 5.10. The van der Waals surface area contributed by atoms with E-state index in [2.05, 4.69) is 0 Å². The smallest absolute Gasteiger partial charge is 0.305 e. The normalized spacial score (nSPS) is 32.8. The molecule has 1 rings (SSSR count). The first-order chi connectivity index (χ1) is 5.83. The van der Waals surface area contributed by atoms with Crippen LogP contribution >= 0.6 is 0 Å². The first-order valence-corrected chi connectivity index (χ1v) is 4.48. The molecule has 0 saturated carbocycles. The zero-order chi connectivity index (χ0) is 10.1. The Hall–Kier alpha value is -0.610. The zero-order valence-electron chi connectivity index (χ0n) is 8.17. The molecule has 0 bridgehead atoms. The minimum atomic E-state index is -0.833. The van der Waals surface area contributed by atoms with Gasteiger partial charge < -0.3 is 15.6 Å². The lowest BCUT2D eigenvalue weighted by Crippen LogP contribution is -2.52. The van der Waals surface area contributed by atoms with Crippen molar-refractivity contribution in [2.24, 2.45) is 5.73 Å². The van der Waals surface area contributed by atoms with Crippen LogP contribution in [0.2, 0.25) is 0 Å². The Morgan fingerprint density at radius 2 is 2.23 bits per heavy atom. The minimum Gasteiger partial charge on any atom is -0.481 e. The molecule has 0 aromatic heterocycles. The number of carboxylic acid groups (broad SMARTS) is 1. The Labute approximate surface area is 78.1 Å². The third kappa shape index (κ3) is 2.97. The highest BCUT2D eigenvalue weighted by Crippen LogP contribution is 2.32. The van der Waals surface area contributed by atoms with E-state index in [9.17, 15) is 4.79 Å². The Morgan fingerprint density at radius 1 is 1.62 bits per heavy atom. The van der Waals surface area contributed by atoms with Gasteiger partial charge in [0.1, 0.15) is 0 Å². The molecular weight excluding hydrogens is 170 g/mol. The molecule has 0 aromatic rings. The number of hydrogen-bond donors (Lipinski definition) is 2. The molecule has 3 N–H and O–H groups in total. The summed E-state index contributed by atoms with van der Waals surface area (Å²) in [6.45, 7) is 4.43. The maximum absolute atomic E-state index is 10.6. The van der Waals surface area contributed by atoms with E-state index in [1.165, 1.54) is 0 Å². The Kier molecular flexibility index (Phi) is 2.63. The summed E-state index contributed by atoms with van der Waals surface area (Å²) in [5, 5.41) is 8.68. The fraction of sp³-hybridized carbons (Fsp3) is 0.889. The number of carboxylic acids is 1. The molecule has 0 aliphatic carbocycles. The minimum absolute atomic E-state index is 0.0276. The van der Waals surface area contributed by atoms with Crippen molar-refractivity contribution in [1.82, 2.24) is 0 Å². The molecule has 0 spiro atoms. The van der Waals surface area contributed by atoms with Gasteiger partial charge in [0, 0.05) is 12.1 Å². The Morgan fingerprint density at radius 3 is 2.69 bits per heavy atom. The van der Waals surface area contributed by atoms with Crippen molar-refractivity contribution in [3.8, 4) is 0 Å². The van der Waals surface area contributed by atoms with Crippen molar-refractivity contribution in [2.45, 2.75) is 44.2 Å². The molecule has 0 amide bonds. The average molecular weight is 187 g/mol. The van der Waals surface area contributed by atoms with E-state index in [4.69, 9.17) is 15.6 Å². The second-order valence-corrected chi connectivity index (χ2v) is 4.47. The summed E-state index contributed by atoms with van der Waals surface area (Å²) in [7, 11) is 0. The van der Waals surface area contributed by atoms with Crippen molar-refractivity contribution in [1.29, 1.82) is 0 Å². The van der Waals surface area contributed by atoms with Crippen LogP contribution in [-0.2, 0) is 9.53 Å². The molecule has 1 fully saturated rings. The van der Waals surface area contributed by atoms with Crippen LogP contribution in [0.4, 0.5) is 0 Å². The van der Waals surface area contributed by atoms with Gasteiger partial charge in [0.25, 0.3) is 0 Å². The van der Waals surface area contributed by atoms with Crippen molar-refractivity contribution < 1.29 is 14.6 Å². The third-order valence-electron chi connectivity index (χ3n) is 2.37. The average Bonchev–Trinajstić information content (AvgIpc) is 1.79. The van der Waals surface area contributed by atoms with Crippen LogP contribution in [0.5, 0.6) is 0 Å². The second-order valence-electron chi connectivity index (χ2n) is 4.47. The van der Waals surface area contributed by atoms with Gasteiger partial charge in [0.2, 0.25) is 0 Å². The van der Waals surface area contributed by atoms with Gasteiger partial charge in [-0.25, -0.2) is 0 Å². The van der Waals surface area contributed by atoms with Crippen molar-refractivity contribution in [3.63, 3.8) is 0 Å². The lowest BCUT2D eigenvalue weighted by atomic mass is 9.80. The van der Waals surface area contributed by atoms with Gasteiger partial charge in [-0.2, -0.15) is 0 Å². The van der Waals surface area contributed by atoms with Crippen molar-refractivity contribution >= 4 is 5.97 Å². The lowest BCUT2D eigenvalue weighted by molar-refractivity contribution is -0.141. The molecule has 4 nitrogen and oxygen atoms in total. The number of hydrogen-bond acceptors (Lipinski definition) is 3. The number of nitrogens with two attached hydrogens (primary N) is 1. The molecule has 1 atom stereocenters. The van der Waals surface area contributed by atoms with E-state index in [-0.39, 0.29) is 12.0 Å². The summed E-state index contributed by atoms with van der Waals surface area (Å²) in [6, 6.07) is 0. The highest BCUT2D eigenvalue weighted by atomic mass is 16.5. The molecule has 1 aliphatic heterocycles. The maximum atomic E-state index is 10.6. The summed E-state index contributed by atoms with van der Waals surface area (Å²) >= 11 is 0. The highest BCUT2D eigenvalue weighted by Gasteiger charge is 2.39. The SMILES string of the molecule is CC1(C)CC(N)(CC(=O)O)CCO1. The molecule has 0 aromatic carbocycles. The van der Waals surface area contributed by atoms with Crippen LogP contribution < -0.4 is 5.73 Å². The number of carbonyl (C=O) groups is 1. The van der Waals surface area contributed by atoms with Gasteiger partial charge in [-0.3, -0.25) is 4.79 Å². The van der Waals surface area contributed by atoms with Crippen LogP contribution in [0.15, 0.2) is 0 Å². The third-order valence-corrected chi connectivity index (χ3v) is 2.37. The molecule has 1 heterocycles. The van der Waals surface area contributed by atoms with Crippen LogP contribution in [0.1, 0.15) is 33.1 Å². The topological polar surface area (TPSA) is 72.6 Å². The van der Waals surface area contributed by atoms with E-state index in [0.717, 1.165) is 0 Å². The van der Waals surface area contributed by atoms with Crippen LogP contribution in [0.25, 0.3) is 0 Å². The number of rotatable bonds is 2. The predicted molar refractivity (Wildman–Crippen MR) is 48.4 cm³/mol. The maximum Gasteiger partial charge on any atom is 0.305 e. The first-order valence-electron chi connectivity index (χ1n) is 4.48. The number of ether oxygens (including phenoxy) is 1. The molecular formula is C9H17NO3. The fourth-order valence-corrected chi connectivity index (χ4v) is 1.97. The second kappa shape index (κ2) is 3.27. The quantitative estimate of drug-likeness (QED) is 0.669. The van der Waals surface area contributed by atoms with Gasteiger partial charge in [0.05, 0.1) is 12.0 Å². The van der Waals surface area contributed by atoms with E-state index in [0.29, 0.717) is 19.4 Å². The molecule has 0 radical (unpaired) electrons. The monoisotopic (exact) mass is 187 g/mol. The van der Waals surface area contributed by atoms with Gasteiger partial charge in [-0.15, -0.1) is 0 Å². The largest absolute Gasteiger partial charge is 0.481 e. The summed E-state index contributed by atoms with van der Waals surface area (Å²) in [4.78, 5) is 10.6. The first kappa shape index (κ1) is 10.5. The van der Waals surface area contributed by atoms with Gasteiger partial charge >= 0.3 is 5.97 Å². The standard InChI is InChI=1S/C9H17NO3/c1-8(2)6-9(10,3-4-13-8)5-7(11)12/h3-6,10H2,1-2H3,(H,11,12). The summed E-state index contributed by atoms with van der Waals surface area (Å²) in [6.07, 6.45) is 1.26. The van der Waals surface area contributed by atoms with E-state index >= 15 is 0 Å². The Balaban J connectivity index is 2.63. The van der Waals surface area contributed by atoms with Crippen molar-refractivity contribution in [2.75, 3.05) is 6.61 Å². The van der Waals surface area contributed by atoms with Gasteiger partial charge in [0.15, 0.2) is 0 Å². The molecule has 76 valence electrons. The van der Waals surface area contributed by atoms with Crippen LogP contribution in [-0.4, -0.2) is 28.8 Å². The molecule has 4 heteroatoms. The predicted octanol–water partition coefficient (Wildman–Crippen LogP) is 0.748. The van der Waals surface area contributed by atoms with Gasteiger partial charge in [-0.1, -0.05) is 0 Å². The zero-order valence-corrected chi connectivity index (χ0v) is 8.17. The van der Waals surface area contributed by atoms with Gasteiger partial charge in [-0.05, 0) is 26.7 Å². The molecule has 13 heavy (non-hydrogen) atoms. The van der Waals surface area contributed by atoms with E-state index < -0.39 is 11.5 Å². The molecule has 1 aliphatic rings. The Bertz CT molecular complexity index is 215. The van der Waals surface area contributed by atoms with Crippen LogP contribution in [0, 0.1) is 0 Å². The highest BCUT2D eigenvalue weighted by molar-refractivity contribution is 5.68. The summed E-state index contributed by atoms with van der Waals surface area (Å²) < 4.78 is 5.47. The molecule has 1 unspecified atom stereocenters. The van der Waals surface area contributed by atoms with Crippen LogP contribution in [0.3, 0.4) is 0 Å².